The molecular formula is C16H20N2OS. The molecule has 0 saturated heterocycles. The Labute approximate surface area is 126 Å². The number of thiocarbonyl (C=S) groups is 1. The zero-order valence-corrected chi connectivity index (χ0v) is 12.9. The fourth-order valence-electron chi connectivity index (χ4n) is 1.83. The molecule has 0 aliphatic heterocycles. The molecule has 0 amide bonds. The Morgan fingerprint density at radius 3 is 2.25 bits per heavy atom. The van der Waals surface area contributed by atoms with Crippen LogP contribution in [0.2, 0.25) is 0 Å². The van der Waals surface area contributed by atoms with Crippen molar-refractivity contribution < 1.29 is 4.79 Å². The molecule has 0 heterocycles. The first-order valence-corrected chi connectivity index (χ1v) is 7.05. The molecule has 1 aromatic carbocycles. The minimum Gasteiger partial charge on any atom is -0.346 e. The number of ketones is 1. The number of hydrogen-bond acceptors (Lipinski definition) is 2. The van der Waals surface area contributed by atoms with E-state index in [9.17, 15) is 4.79 Å². The van der Waals surface area contributed by atoms with E-state index < -0.39 is 5.54 Å². The van der Waals surface area contributed by atoms with Crippen molar-refractivity contribution >= 4 is 28.8 Å². The Balaban J connectivity index is 2.71. The second-order valence-corrected chi connectivity index (χ2v) is 5.05. The predicted molar refractivity (Wildman–Crippen MR) is 87.9 cm³/mol. The standard InChI is InChI=1S/C16H20N2OS/c1-5-16(6-2,7-3)18-15(20)17-14-10-8-13(9-11-14)12(4)19/h1,8-11H,6-7H2,2-4H3,(H2,17,18,20). The first kappa shape index (κ1) is 16.2. The third-order valence-electron chi connectivity index (χ3n) is 3.39. The fraction of sp³-hybridized carbons (Fsp3) is 0.375. The molecule has 0 spiro atoms. The van der Waals surface area contributed by atoms with Gasteiger partial charge in [-0.1, -0.05) is 19.8 Å². The van der Waals surface area contributed by atoms with Crippen LogP contribution < -0.4 is 10.6 Å². The van der Waals surface area contributed by atoms with Crippen LogP contribution in [0, 0.1) is 12.3 Å². The van der Waals surface area contributed by atoms with E-state index >= 15 is 0 Å². The van der Waals surface area contributed by atoms with Gasteiger partial charge in [-0.3, -0.25) is 4.79 Å². The lowest BCUT2D eigenvalue weighted by Gasteiger charge is -2.28. The Morgan fingerprint density at radius 1 is 1.30 bits per heavy atom. The van der Waals surface area contributed by atoms with Crippen molar-refractivity contribution in [2.24, 2.45) is 0 Å². The Bertz CT molecular complexity index is 524. The molecule has 0 bridgehead atoms. The number of carbonyl (C=O) groups excluding carboxylic acids is 1. The third-order valence-corrected chi connectivity index (χ3v) is 3.59. The molecule has 1 aromatic rings. The van der Waals surface area contributed by atoms with Gasteiger partial charge in [-0.2, -0.15) is 0 Å². The molecule has 0 fully saturated rings. The SMILES string of the molecule is C#CC(CC)(CC)NC(=S)Nc1ccc(C(C)=O)cc1. The summed E-state index contributed by atoms with van der Waals surface area (Å²) in [6, 6.07) is 7.17. The molecule has 0 radical (unpaired) electrons. The quantitative estimate of drug-likeness (QED) is 0.495. The van der Waals surface area contributed by atoms with Crippen LogP contribution in [-0.2, 0) is 0 Å². The normalized spacial score (nSPS) is 10.5. The van der Waals surface area contributed by atoms with Crippen molar-refractivity contribution in [3.63, 3.8) is 0 Å². The van der Waals surface area contributed by atoms with Gasteiger partial charge in [0.15, 0.2) is 10.9 Å². The maximum Gasteiger partial charge on any atom is 0.171 e. The van der Waals surface area contributed by atoms with Gasteiger partial charge in [0.2, 0.25) is 0 Å². The number of Topliss-reactive ketones (excluding diaryl/α,β-unsaturated/α-hetero) is 1. The molecule has 0 saturated carbocycles. The summed E-state index contributed by atoms with van der Waals surface area (Å²) >= 11 is 5.28. The van der Waals surface area contributed by atoms with Crippen molar-refractivity contribution in [3.8, 4) is 12.3 Å². The van der Waals surface area contributed by atoms with Crippen molar-refractivity contribution in [2.45, 2.75) is 39.2 Å². The maximum atomic E-state index is 11.2. The smallest absolute Gasteiger partial charge is 0.171 e. The summed E-state index contributed by atoms with van der Waals surface area (Å²) < 4.78 is 0. The highest BCUT2D eigenvalue weighted by molar-refractivity contribution is 7.80. The first-order chi connectivity index (χ1) is 9.46. The Hall–Kier alpha value is -1.86. The average Bonchev–Trinajstić information content (AvgIpc) is 2.45. The van der Waals surface area contributed by atoms with E-state index in [1.807, 2.05) is 26.0 Å². The minimum absolute atomic E-state index is 0.0422. The highest BCUT2D eigenvalue weighted by atomic mass is 32.1. The van der Waals surface area contributed by atoms with Gasteiger partial charge in [-0.15, -0.1) is 6.42 Å². The molecule has 4 heteroatoms. The summed E-state index contributed by atoms with van der Waals surface area (Å²) in [4.78, 5) is 11.2. The van der Waals surface area contributed by atoms with Gasteiger partial charge in [0.25, 0.3) is 0 Å². The summed E-state index contributed by atoms with van der Waals surface area (Å²) in [5, 5.41) is 6.75. The number of hydrogen-bond donors (Lipinski definition) is 2. The third kappa shape index (κ3) is 4.07. The molecule has 0 aliphatic rings. The lowest BCUT2D eigenvalue weighted by atomic mass is 9.94. The highest BCUT2D eigenvalue weighted by Crippen LogP contribution is 2.15. The fourth-order valence-corrected chi connectivity index (χ4v) is 2.15. The monoisotopic (exact) mass is 288 g/mol. The molecule has 0 aromatic heterocycles. The van der Waals surface area contributed by atoms with E-state index in [1.165, 1.54) is 0 Å². The van der Waals surface area contributed by atoms with Crippen LogP contribution in [0.5, 0.6) is 0 Å². The van der Waals surface area contributed by atoms with Gasteiger partial charge in [0.1, 0.15) is 0 Å². The molecule has 106 valence electrons. The molecule has 3 nitrogen and oxygen atoms in total. The average molecular weight is 288 g/mol. The summed E-state index contributed by atoms with van der Waals surface area (Å²) in [6.45, 7) is 5.60. The number of carbonyl (C=O) groups is 1. The van der Waals surface area contributed by atoms with E-state index in [1.54, 1.807) is 19.1 Å². The second-order valence-electron chi connectivity index (χ2n) is 4.65. The zero-order valence-electron chi connectivity index (χ0n) is 12.1. The lowest BCUT2D eigenvalue weighted by Crippen LogP contribution is -2.48. The van der Waals surface area contributed by atoms with E-state index in [4.69, 9.17) is 18.6 Å². The minimum atomic E-state index is -0.413. The van der Waals surface area contributed by atoms with Crippen LogP contribution in [0.1, 0.15) is 44.0 Å². The zero-order chi connectivity index (χ0) is 15.2. The summed E-state index contributed by atoms with van der Waals surface area (Å²) in [6.07, 6.45) is 7.18. The van der Waals surface area contributed by atoms with Crippen LogP contribution in [-0.4, -0.2) is 16.4 Å². The van der Waals surface area contributed by atoms with E-state index in [0.717, 1.165) is 18.5 Å². The van der Waals surface area contributed by atoms with Crippen LogP contribution >= 0.6 is 12.2 Å². The van der Waals surface area contributed by atoms with E-state index in [2.05, 4.69) is 16.6 Å². The summed E-state index contributed by atoms with van der Waals surface area (Å²) in [7, 11) is 0. The van der Waals surface area contributed by atoms with Gasteiger partial charge in [-0.05, 0) is 56.2 Å². The largest absolute Gasteiger partial charge is 0.346 e. The Kier molecular flexibility index (Phi) is 5.72. The van der Waals surface area contributed by atoms with E-state index in [-0.39, 0.29) is 5.78 Å². The Morgan fingerprint density at radius 2 is 1.85 bits per heavy atom. The van der Waals surface area contributed by atoms with Gasteiger partial charge in [0.05, 0.1) is 5.54 Å². The number of rotatable bonds is 5. The topological polar surface area (TPSA) is 41.1 Å². The number of anilines is 1. The highest BCUT2D eigenvalue weighted by Gasteiger charge is 2.23. The summed E-state index contributed by atoms with van der Waals surface area (Å²) in [5.74, 6) is 2.81. The van der Waals surface area contributed by atoms with Crippen molar-refractivity contribution in [2.75, 3.05) is 5.32 Å². The van der Waals surface area contributed by atoms with Crippen LogP contribution in [0.15, 0.2) is 24.3 Å². The maximum absolute atomic E-state index is 11.2. The van der Waals surface area contributed by atoms with Crippen molar-refractivity contribution in [1.29, 1.82) is 0 Å². The van der Waals surface area contributed by atoms with Crippen molar-refractivity contribution in [1.82, 2.24) is 5.32 Å². The van der Waals surface area contributed by atoms with Crippen LogP contribution in [0.4, 0.5) is 5.69 Å². The predicted octanol–water partition coefficient (Wildman–Crippen LogP) is 3.37. The molecule has 1 rings (SSSR count). The van der Waals surface area contributed by atoms with Crippen LogP contribution in [0.3, 0.4) is 0 Å². The molecule has 0 atom stereocenters. The number of benzene rings is 1. The van der Waals surface area contributed by atoms with Gasteiger partial charge in [-0.25, -0.2) is 0 Å². The van der Waals surface area contributed by atoms with Gasteiger partial charge in [0, 0.05) is 11.3 Å². The van der Waals surface area contributed by atoms with E-state index in [0.29, 0.717) is 10.7 Å². The van der Waals surface area contributed by atoms with Gasteiger partial charge < -0.3 is 10.6 Å². The molecule has 0 unspecified atom stereocenters. The van der Waals surface area contributed by atoms with Gasteiger partial charge >= 0.3 is 0 Å². The molecule has 2 N–H and O–H groups in total. The number of terminal acetylenes is 1. The molecular weight excluding hydrogens is 268 g/mol. The molecule has 0 aliphatic carbocycles. The lowest BCUT2D eigenvalue weighted by molar-refractivity contribution is 0.101. The second kappa shape index (κ2) is 7.06. The first-order valence-electron chi connectivity index (χ1n) is 6.64. The molecule has 20 heavy (non-hydrogen) atoms. The van der Waals surface area contributed by atoms with Crippen LogP contribution in [0.25, 0.3) is 0 Å². The van der Waals surface area contributed by atoms with Crippen molar-refractivity contribution in [3.05, 3.63) is 29.8 Å². The number of nitrogens with one attached hydrogen (secondary N) is 2. The summed E-state index contributed by atoms with van der Waals surface area (Å²) in [5.41, 5.74) is 1.09.